The predicted octanol–water partition coefficient (Wildman–Crippen LogP) is 2.40. The van der Waals surface area contributed by atoms with Gasteiger partial charge in [0.2, 0.25) is 0 Å². The summed E-state index contributed by atoms with van der Waals surface area (Å²) in [6, 6.07) is 2.00. The first kappa shape index (κ1) is 10.6. The number of nitrogens with zero attached hydrogens (tertiary/aromatic N) is 2. The van der Waals surface area contributed by atoms with Crippen molar-refractivity contribution in [3.8, 4) is 0 Å². The highest BCUT2D eigenvalue weighted by Gasteiger charge is 2.26. The van der Waals surface area contributed by atoms with Crippen LogP contribution in [-0.4, -0.2) is 9.97 Å². The Hall–Kier alpha value is -0.960. The standard InChI is InChI=1S/C12H19N3/c1-8(2)7-10(13)11-5-6-14-12(15-11)9-3-4-9/h5-6,8-10H,3-4,7,13H2,1-2H3/t10-/m1/s1. The minimum absolute atomic E-state index is 0.0606. The summed E-state index contributed by atoms with van der Waals surface area (Å²) in [5, 5.41) is 0. The number of nitrogens with two attached hydrogens (primary N) is 1. The highest BCUT2D eigenvalue weighted by molar-refractivity contribution is 5.12. The molecule has 3 nitrogen and oxygen atoms in total. The molecule has 1 saturated carbocycles. The highest BCUT2D eigenvalue weighted by atomic mass is 14.9. The Kier molecular flexibility index (Phi) is 3.00. The molecule has 1 aromatic heterocycles. The average molecular weight is 205 g/mol. The lowest BCUT2D eigenvalue weighted by atomic mass is 10.0. The fraction of sp³-hybridized carbons (Fsp3) is 0.667. The van der Waals surface area contributed by atoms with Crippen LogP contribution in [-0.2, 0) is 0 Å². The van der Waals surface area contributed by atoms with Gasteiger partial charge >= 0.3 is 0 Å². The molecule has 1 heterocycles. The second kappa shape index (κ2) is 4.27. The van der Waals surface area contributed by atoms with Crippen LogP contribution < -0.4 is 5.73 Å². The average Bonchev–Trinajstić information content (AvgIpc) is 3.00. The van der Waals surface area contributed by atoms with E-state index in [9.17, 15) is 0 Å². The Morgan fingerprint density at radius 2 is 2.20 bits per heavy atom. The minimum atomic E-state index is 0.0606. The van der Waals surface area contributed by atoms with Crippen LogP contribution in [0.25, 0.3) is 0 Å². The van der Waals surface area contributed by atoms with Crippen molar-refractivity contribution in [1.82, 2.24) is 9.97 Å². The van der Waals surface area contributed by atoms with Gasteiger partial charge in [0.25, 0.3) is 0 Å². The number of hydrogen-bond donors (Lipinski definition) is 1. The summed E-state index contributed by atoms with van der Waals surface area (Å²) < 4.78 is 0. The zero-order valence-corrected chi connectivity index (χ0v) is 9.48. The molecule has 1 fully saturated rings. The van der Waals surface area contributed by atoms with Crippen LogP contribution in [0.5, 0.6) is 0 Å². The van der Waals surface area contributed by atoms with Gasteiger partial charge in [0, 0.05) is 18.2 Å². The van der Waals surface area contributed by atoms with Gasteiger partial charge in [-0.2, -0.15) is 0 Å². The van der Waals surface area contributed by atoms with E-state index in [1.54, 1.807) is 0 Å². The van der Waals surface area contributed by atoms with E-state index >= 15 is 0 Å². The van der Waals surface area contributed by atoms with Crippen LogP contribution in [0, 0.1) is 5.92 Å². The van der Waals surface area contributed by atoms with Gasteiger partial charge in [-0.1, -0.05) is 13.8 Å². The highest BCUT2D eigenvalue weighted by Crippen LogP contribution is 2.38. The van der Waals surface area contributed by atoms with E-state index in [4.69, 9.17) is 5.73 Å². The Labute approximate surface area is 91.1 Å². The summed E-state index contributed by atoms with van der Waals surface area (Å²) in [4.78, 5) is 8.85. The molecular weight excluding hydrogens is 186 g/mol. The molecule has 1 aliphatic carbocycles. The maximum Gasteiger partial charge on any atom is 0.131 e. The van der Waals surface area contributed by atoms with E-state index in [-0.39, 0.29) is 6.04 Å². The molecule has 2 N–H and O–H groups in total. The molecule has 0 amide bonds. The van der Waals surface area contributed by atoms with E-state index in [2.05, 4.69) is 23.8 Å². The van der Waals surface area contributed by atoms with Gasteiger partial charge in [-0.25, -0.2) is 9.97 Å². The molecule has 0 spiro atoms. The molecule has 2 rings (SSSR count). The molecule has 15 heavy (non-hydrogen) atoms. The normalized spacial score (nSPS) is 18.1. The first-order valence-corrected chi connectivity index (χ1v) is 5.75. The zero-order valence-electron chi connectivity index (χ0n) is 9.48. The topological polar surface area (TPSA) is 51.8 Å². The van der Waals surface area contributed by atoms with Crippen LogP contribution in [0.1, 0.15) is 56.6 Å². The lowest BCUT2D eigenvalue weighted by molar-refractivity contribution is 0.500. The fourth-order valence-corrected chi connectivity index (χ4v) is 1.76. The third-order valence-electron chi connectivity index (χ3n) is 2.74. The smallest absolute Gasteiger partial charge is 0.131 e. The first-order valence-electron chi connectivity index (χ1n) is 5.75. The quantitative estimate of drug-likeness (QED) is 0.821. The second-order valence-electron chi connectivity index (χ2n) is 4.85. The molecule has 0 bridgehead atoms. The van der Waals surface area contributed by atoms with Crippen molar-refractivity contribution in [3.63, 3.8) is 0 Å². The summed E-state index contributed by atoms with van der Waals surface area (Å²) in [6.07, 6.45) is 5.31. The lowest BCUT2D eigenvalue weighted by Gasteiger charge is -2.13. The van der Waals surface area contributed by atoms with Gasteiger partial charge in [-0.15, -0.1) is 0 Å². The molecule has 1 aliphatic rings. The van der Waals surface area contributed by atoms with Crippen molar-refractivity contribution in [1.29, 1.82) is 0 Å². The van der Waals surface area contributed by atoms with Crippen molar-refractivity contribution in [2.24, 2.45) is 11.7 Å². The first-order chi connectivity index (χ1) is 7.16. The SMILES string of the molecule is CC(C)C[C@@H](N)c1ccnc(C2CC2)n1. The van der Waals surface area contributed by atoms with Gasteiger partial charge in [0.05, 0.1) is 5.69 Å². The number of rotatable bonds is 4. The molecule has 1 atom stereocenters. The van der Waals surface area contributed by atoms with Crippen molar-refractivity contribution < 1.29 is 0 Å². The summed E-state index contributed by atoms with van der Waals surface area (Å²) in [5.74, 6) is 2.21. The predicted molar refractivity (Wildman–Crippen MR) is 60.4 cm³/mol. The van der Waals surface area contributed by atoms with E-state index in [0.717, 1.165) is 17.9 Å². The van der Waals surface area contributed by atoms with Gasteiger partial charge in [-0.05, 0) is 31.2 Å². The van der Waals surface area contributed by atoms with Crippen LogP contribution in [0.4, 0.5) is 0 Å². The molecule has 0 aliphatic heterocycles. The molecule has 0 unspecified atom stereocenters. The number of aromatic nitrogens is 2. The zero-order chi connectivity index (χ0) is 10.8. The molecule has 82 valence electrons. The van der Waals surface area contributed by atoms with Gasteiger partial charge in [0.15, 0.2) is 0 Å². The van der Waals surface area contributed by atoms with Crippen molar-refractivity contribution in [2.45, 2.75) is 45.1 Å². The molecule has 3 heteroatoms. The van der Waals surface area contributed by atoms with Crippen LogP contribution >= 0.6 is 0 Å². The third kappa shape index (κ3) is 2.75. The van der Waals surface area contributed by atoms with E-state index in [0.29, 0.717) is 11.8 Å². The van der Waals surface area contributed by atoms with Crippen LogP contribution in [0.15, 0.2) is 12.3 Å². The third-order valence-corrected chi connectivity index (χ3v) is 2.74. The van der Waals surface area contributed by atoms with Crippen molar-refractivity contribution in [2.75, 3.05) is 0 Å². The van der Waals surface area contributed by atoms with Gasteiger partial charge < -0.3 is 5.73 Å². The monoisotopic (exact) mass is 205 g/mol. The van der Waals surface area contributed by atoms with Crippen molar-refractivity contribution >= 4 is 0 Å². The lowest BCUT2D eigenvalue weighted by Crippen LogP contribution is -2.15. The Morgan fingerprint density at radius 3 is 2.80 bits per heavy atom. The van der Waals surface area contributed by atoms with Crippen LogP contribution in [0.3, 0.4) is 0 Å². The maximum atomic E-state index is 6.10. The van der Waals surface area contributed by atoms with Gasteiger partial charge in [-0.3, -0.25) is 0 Å². The summed E-state index contributed by atoms with van der Waals surface area (Å²) >= 11 is 0. The van der Waals surface area contributed by atoms with Crippen molar-refractivity contribution in [3.05, 3.63) is 23.8 Å². The van der Waals surface area contributed by atoms with Gasteiger partial charge in [0.1, 0.15) is 5.82 Å². The Balaban J connectivity index is 2.09. The Morgan fingerprint density at radius 1 is 1.47 bits per heavy atom. The summed E-state index contributed by atoms with van der Waals surface area (Å²) in [7, 11) is 0. The van der Waals surface area contributed by atoms with E-state index in [1.807, 2.05) is 12.3 Å². The molecule has 0 radical (unpaired) electrons. The second-order valence-corrected chi connectivity index (χ2v) is 4.85. The summed E-state index contributed by atoms with van der Waals surface area (Å²) in [5.41, 5.74) is 7.10. The molecule has 0 aromatic carbocycles. The minimum Gasteiger partial charge on any atom is -0.323 e. The van der Waals surface area contributed by atoms with E-state index < -0.39 is 0 Å². The Bertz CT molecular complexity index is 331. The van der Waals surface area contributed by atoms with E-state index in [1.165, 1.54) is 12.8 Å². The molecule has 0 saturated heterocycles. The fourth-order valence-electron chi connectivity index (χ4n) is 1.76. The molecular formula is C12H19N3. The summed E-state index contributed by atoms with van der Waals surface area (Å²) in [6.45, 7) is 4.37. The number of hydrogen-bond acceptors (Lipinski definition) is 3. The maximum absolute atomic E-state index is 6.10. The molecule has 1 aromatic rings. The largest absolute Gasteiger partial charge is 0.323 e. The van der Waals surface area contributed by atoms with Crippen LogP contribution in [0.2, 0.25) is 0 Å².